The van der Waals surface area contributed by atoms with Crippen LogP contribution in [0.5, 0.6) is 0 Å². The van der Waals surface area contributed by atoms with E-state index in [1.807, 2.05) is 30.3 Å². The Morgan fingerprint density at radius 3 is 2.54 bits per heavy atom. The average molecular weight is 492 g/mol. The van der Waals surface area contributed by atoms with Crippen LogP contribution in [-0.2, 0) is 28.5 Å². The molecule has 3 fully saturated rings. The van der Waals surface area contributed by atoms with Crippen molar-refractivity contribution >= 4 is 12.0 Å². The molecule has 0 amide bonds. The molecule has 11 atom stereocenters. The van der Waals surface area contributed by atoms with Crippen molar-refractivity contribution in [3.63, 3.8) is 0 Å². The van der Waals surface area contributed by atoms with E-state index in [1.165, 1.54) is 12.3 Å². The van der Waals surface area contributed by atoms with Gasteiger partial charge in [0.15, 0.2) is 6.29 Å². The highest BCUT2D eigenvalue weighted by Gasteiger charge is 2.75. The first kappa shape index (κ1) is 24.3. The van der Waals surface area contributed by atoms with Gasteiger partial charge in [-0.1, -0.05) is 30.3 Å². The van der Waals surface area contributed by atoms with Gasteiger partial charge in [0.1, 0.15) is 42.7 Å². The third-order valence-corrected chi connectivity index (χ3v) is 7.05. The molecule has 5 N–H and O–H groups in total. The van der Waals surface area contributed by atoms with Gasteiger partial charge in [-0.2, -0.15) is 0 Å². The molecule has 0 radical (unpaired) electrons. The van der Waals surface area contributed by atoms with Crippen molar-refractivity contribution in [2.75, 3.05) is 13.2 Å². The molecule has 0 unspecified atom stereocenters. The third-order valence-electron chi connectivity index (χ3n) is 7.05. The second-order valence-corrected chi connectivity index (χ2v) is 9.10. The van der Waals surface area contributed by atoms with Crippen molar-refractivity contribution in [3.05, 3.63) is 54.3 Å². The lowest BCUT2D eigenvalue weighted by Crippen LogP contribution is -2.60. The van der Waals surface area contributed by atoms with E-state index in [4.69, 9.17) is 23.7 Å². The van der Waals surface area contributed by atoms with Crippen LogP contribution >= 0.6 is 0 Å². The molecule has 4 aliphatic rings. The van der Waals surface area contributed by atoms with Gasteiger partial charge in [0.25, 0.3) is 0 Å². The Hall–Kier alpha value is -2.35. The van der Waals surface area contributed by atoms with E-state index in [-0.39, 0.29) is 6.61 Å². The minimum atomic E-state index is -1.65. The van der Waals surface area contributed by atoms with E-state index in [0.717, 1.165) is 5.56 Å². The molecule has 11 heteroatoms. The van der Waals surface area contributed by atoms with E-state index in [9.17, 15) is 30.3 Å². The van der Waals surface area contributed by atoms with E-state index in [2.05, 4.69) is 0 Å². The number of esters is 1. The summed E-state index contributed by atoms with van der Waals surface area (Å²) >= 11 is 0. The number of benzene rings is 1. The molecule has 2 saturated heterocycles. The van der Waals surface area contributed by atoms with Gasteiger partial charge >= 0.3 is 5.97 Å². The third kappa shape index (κ3) is 4.39. The molecule has 1 aromatic carbocycles. The number of hydrogen-bond donors (Lipinski definition) is 5. The largest absolute Gasteiger partial charge is 0.472 e. The average Bonchev–Trinajstić information content (AvgIpc) is 3.57. The lowest BCUT2D eigenvalue weighted by atomic mass is 9.85. The standard InChI is InChI=1S/C24H28O11/c25-11-24-16-13(17(27)21(24)35-24)8-9-31-22(16)34-23-20(30)19(29)18(28)14(33-23)10-32-15(26)7-6-12-4-2-1-3-5-12/h1-9,13-14,16-23,25,27-30H,10-11H2/b7-6+/t13-,14-,16-,17+,18+,19+,20-,21+,22+,23+,24-/m1/s1. The van der Waals surface area contributed by atoms with Crippen LogP contribution in [0.2, 0.25) is 0 Å². The second kappa shape index (κ2) is 9.60. The van der Waals surface area contributed by atoms with Crippen LogP contribution in [0.1, 0.15) is 5.56 Å². The normalized spacial score (nSPS) is 43.9. The zero-order valence-electron chi connectivity index (χ0n) is 18.6. The monoisotopic (exact) mass is 492 g/mol. The summed E-state index contributed by atoms with van der Waals surface area (Å²) in [7, 11) is 0. The zero-order chi connectivity index (χ0) is 24.7. The molecule has 5 rings (SSSR count). The zero-order valence-corrected chi connectivity index (χ0v) is 18.6. The van der Waals surface area contributed by atoms with Crippen molar-refractivity contribution in [1.82, 2.24) is 0 Å². The first-order valence-electron chi connectivity index (χ1n) is 11.4. The molecule has 190 valence electrons. The summed E-state index contributed by atoms with van der Waals surface area (Å²) in [6.07, 6.45) is -4.23. The molecule has 1 saturated carbocycles. The molecule has 0 aromatic heterocycles. The van der Waals surface area contributed by atoms with Crippen molar-refractivity contribution in [3.8, 4) is 0 Å². The summed E-state index contributed by atoms with van der Waals surface area (Å²) in [5.74, 6) is -1.70. The highest BCUT2D eigenvalue weighted by atomic mass is 16.8. The number of aliphatic hydroxyl groups is 5. The number of carbonyl (C=O) groups excluding carboxylic acids is 1. The SMILES string of the molecule is O=C(/C=C/c1ccccc1)OC[C@H]1O[C@@H](O[C@@H]2OC=C[C@H]3[C@H](O)[C@@H]4O[C@]4(CO)[C@@H]23)[C@H](O)[C@@H](O)[C@H]1O. The van der Waals surface area contributed by atoms with E-state index in [0.29, 0.717) is 0 Å². The summed E-state index contributed by atoms with van der Waals surface area (Å²) in [5.41, 5.74) is -0.248. The van der Waals surface area contributed by atoms with E-state index < -0.39 is 79.2 Å². The summed E-state index contributed by atoms with van der Waals surface area (Å²) in [4.78, 5) is 12.1. The molecule has 35 heavy (non-hydrogen) atoms. The number of aliphatic hydroxyl groups excluding tert-OH is 5. The number of hydrogen-bond acceptors (Lipinski definition) is 11. The molecule has 0 spiro atoms. The molecule has 0 bridgehead atoms. The predicted molar refractivity (Wildman–Crippen MR) is 116 cm³/mol. The number of epoxide rings is 1. The maximum absolute atomic E-state index is 12.1. The lowest BCUT2D eigenvalue weighted by Gasteiger charge is -2.43. The van der Waals surface area contributed by atoms with Gasteiger partial charge in [0, 0.05) is 12.0 Å². The van der Waals surface area contributed by atoms with Crippen LogP contribution < -0.4 is 0 Å². The van der Waals surface area contributed by atoms with Crippen LogP contribution in [0.25, 0.3) is 6.08 Å². The maximum Gasteiger partial charge on any atom is 0.330 e. The molecule has 1 aliphatic carbocycles. The Kier molecular flexibility index (Phi) is 6.68. The summed E-state index contributed by atoms with van der Waals surface area (Å²) in [6, 6.07) is 9.11. The fraction of sp³-hybridized carbons (Fsp3) is 0.542. The van der Waals surface area contributed by atoms with Gasteiger partial charge in [-0.3, -0.25) is 0 Å². The van der Waals surface area contributed by atoms with Gasteiger partial charge in [0.2, 0.25) is 6.29 Å². The highest BCUT2D eigenvalue weighted by Crippen LogP contribution is 2.59. The molecular weight excluding hydrogens is 464 g/mol. The van der Waals surface area contributed by atoms with Crippen molar-refractivity contribution in [2.24, 2.45) is 11.8 Å². The molecular formula is C24H28O11. The summed E-state index contributed by atoms with van der Waals surface area (Å²) < 4.78 is 27.7. The molecule has 1 aromatic rings. The Bertz CT molecular complexity index is 967. The number of ether oxygens (including phenoxy) is 5. The molecule has 3 aliphatic heterocycles. The van der Waals surface area contributed by atoms with E-state index >= 15 is 0 Å². The Morgan fingerprint density at radius 1 is 1.03 bits per heavy atom. The Labute approximate surface area is 200 Å². The van der Waals surface area contributed by atoms with Crippen LogP contribution in [0, 0.1) is 11.8 Å². The number of fused-ring (bicyclic) bond motifs is 3. The quantitative estimate of drug-likeness (QED) is 0.174. The van der Waals surface area contributed by atoms with E-state index in [1.54, 1.807) is 12.2 Å². The Balaban J connectivity index is 1.22. The van der Waals surface area contributed by atoms with Crippen LogP contribution in [-0.4, -0.2) is 99.5 Å². The highest BCUT2D eigenvalue weighted by molar-refractivity contribution is 5.87. The minimum Gasteiger partial charge on any atom is -0.472 e. The lowest BCUT2D eigenvalue weighted by molar-refractivity contribution is -0.344. The van der Waals surface area contributed by atoms with Crippen LogP contribution in [0.4, 0.5) is 0 Å². The van der Waals surface area contributed by atoms with Gasteiger partial charge in [-0.25, -0.2) is 4.79 Å². The van der Waals surface area contributed by atoms with Gasteiger partial charge in [-0.05, 0) is 17.7 Å². The summed E-state index contributed by atoms with van der Waals surface area (Å²) in [5, 5.41) is 51.5. The van der Waals surface area contributed by atoms with Crippen LogP contribution in [0.15, 0.2) is 48.7 Å². The minimum absolute atomic E-state index is 0.364. The maximum atomic E-state index is 12.1. The van der Waals surface area contributed by atoms with Gasteiger partial charge < -0.3 is 49.2 Å². The fourth-order valence-electron chi connectivity index (χ4n) is 5.10. The fourth-order valence-corrected chi connectivity index (χ4v) is 5.10. The van der Waals surface area contributed by atoms with Crippen LogP contribution in [0.3, 0.4) is 0 Å². The van der Waals surface area contributed by atoms with Crippen molar-refractivity contribution in [2.45, 2.75) is 54.8 Å². The van der Waals surface area contributed by atoms with Gasteiger partial charge in [0.05, 0.1) is 24.9 Å². The summed E-state index contributed by atoms with van der Waals surface area (Å²) in [6.45, 7) is -0.776. The first-order chi connectivity index (χ1) is 16.9. The smallest absolute Gasteiger partial charge is 0.330 e. The van der Waals surface area contributed by atoms with Crippen molar-refractivity contribution in [1.29, 1.82) is 0 Å². The topological polar surface area (TPSA) is 168 Å². The van der Waals surface area contributed by atoms with Crippen molar-refractivity contribution < 1.29 is 54.0 Å². The number of carbonyl (C=O) groups is 1. The second-order valence-electron chi connectivity index (χ2n) is 9.10. The Morgan fingerprint density at radius 2 is 1.80 bits per heavy atom. The van der Waals surface area contributed by atoms with Gasteiger partial charge in [-0.15, -0.1) is 0 Å². The predicted octanol–water partition coefficient (Wildman–Crippen LogP) is -1.33. The molecule has 11 nitrogen and oxygen atoms in total. The number of rotatable bonds is 7. The molecule has 3 heterocycles. The first-order valence-corrected chi connectivity index (χ1v) is 11.4.